The lowest BCUT2D eigenvalue weighted by Crippen LogP contribution is -2.29. The molecule has 2 N–H and O–H groups in total. The molecule has 0 amide bonds. The van der Waals surface area contributed by atoms with Gasteiger partial charge in [0.15, 0.2) is 5.65 Å². The van der Waals surface area contributed by atoms with Crippen molar-refractivity contribution in [1.82, 2.24) is 30.1 Å². The zero-order valence-electron chi connectivity index (χ0n) is 16.5. The fraction of sp³-hybridized carbons (Fsp3) is 0.217. The van der Waals surface area contributed by atoms with Crippen molar-refractivity contribution in [1.29, 1.82) is 0 Å². The molecule has 1 aliphatic rings. The summed E-state index contributed by atoms with van der Waals surface area (Å²) < 4.78 is 0. The van der Waals surface area contributed by atoms with Crippen LogP contribution >= 0.6 is 0 Å². The van der Waals surface area contributed by atoms with Gasteiger partial charge in [0.2, 0.25) is 0 Å². The van der Waals surface area contributed by atoms with Crippen LogP contribution in [0, 0.1) is 0 Å². The second kappa shape index (κ2) is 6.95. The standard InChI is InChI=1S/C23H21N7/c1-2-9-30(10-3-1)21-6-4-5-18-16(21)12-19(27-18)22-17-11-15(13-26-23(17)29-28-22)20-14-24-7-8-25-20/h4-8,11-14,27H,1-3,9-10H2,(H,26,28,29). The van der Waals surface area contributed by atoms with Gasteiger partial charge in [-0.2, -0.15) is 5.10 Å². The van der Waals surface area contributed by atoms with Gasteiger partial charge in [-0.1, -0.05) is 6.07 Å². The van der Waals surface area contributed by atoms with Crippen molar-refractivity contribution in [2.45, 2.75) is 19.3 Å². The second-order valence-electron chi connectivity index (χ2n) is 7.75. The van der Waals surface area contributed by atoms with E-state index < -0.39 is 0 Å². The molecule has 148 valence electrons. The van der Waals surface area contributed by atoms with E-state index in [2.05, 4.69) is 65.4 Å². The minimum absolute atomic E-state index is 0.688. The lowest BCUT2D eigenvalue weighted by molar-refractivity contribution is 0.579. The quantitative estimate of drug-likeness (QED) is 0.468. The average Bonchev–Trinajstić information content (AvgIpc) is 3.43. The Morgan fingerprint density at radius 3 is 2.70 bits per heavy atom. The Morgan fingerprint density at radius 1 is 0.900 bits per heavy atom. The Hall–Kier alpha value is -3.74. The van der Waals surface area contributed by atoms with Crippen LogP contribution in [0.15, 0.2) is 55.1 Å². The number of aromatic nitrogens is 6. The third-order valence-electron chi connectivity index (χ3n) is 5.88. The van der Waals surface area contributed by atoms with E-state index in [1.54, 1.807) is 24.8 Å². The van der Waals surface area contributed by atoms with Gasteiger partial charge >= 0.3 is 0 Å². The van der Waals surface area contributed by atoms with Gasteiger partial charge in [-0.05, 0) is 43.5 Å². The topological polar surface area (TPSA) is 86.4 Å². The number of rotatable bonds is 3. The Kier molecular flexibility index (Phi) is 3.97. The van der Waals surface area contributed by atoms with Gasteiger partial charge in [-0.15, -0.1) is 0 Å². The molecule has 0 bridgehead atoms. The smallest absolute Gasteiger partial charge is 0.181 e. The maximum absolute atomic E-state index is 4.52. The number of H-pyrrole nitrogens is 2. The molecule has 1 fully saturated rings. The molecule has 6 rings (SSSR count). The van der Waals surface area contributed by atoms with E-state index in [-0.39, 0.29) is 0 Å². The van der Waals surface area contributed by atoms with E-state index in [9.17, 15) is 0 Å². The minimum Gasteiger partial charge on any atom is -0.371 e. The minimum atomic E-state index is 0.688. The highest BCUT2D eigenvalue weighted by atomic mass is 15.2. The van der Waals surface area contributed by atoms with Gasteiger partial charge in [0.25, 0.3) is 0 Å². The highest BCUT2D eigenvalue weighted by Gasteiger charge is 2.17. The van der Waals surface area contributed by atoms with Gasteiger partial charge in [0.1, 0.15) is 0 Å². The Bertz CT molecular complexity index is 1330. The lowest BCUT2D eigenvalue weighted by Gasteiger charge is -2.29. The summed E-state index contributed by atoms with van der Waals surface area (Å²) in [5.41, 5.74) is 6.78. The van der Waals surface area contributed by atoms with Gasteiger partial charge < -0.3 is 9.88 Å². The largest absolute Gasteiger partial charge is 0.371 e. The van der Waals surface area contributed by atoms with Crippen molar-refractivity contribution < 1.29 is 0 Å². The number of piperidine rings is 1. The monoisotopic (exact) mass is 395 g/mol. The summed E-state index contributed by atoms with van der Waals surface area (Å²) in [5.74, 6) is 0. The molecule has 5 aromatic rings. The number of benzene rings is 1. The molecule has 7 heteroatoms. The fourth-order valence-electron chi connectivity index (χ4n) is 4.38. The molecule has 0 atom stereocenters. The zero-order valence-corrected chi connectivity index (χ0v) is 16.5. The Morgan fingerprint density at radius 2 is 1.83 bits per heavy atom. The maximum atomic E-state index is 4.52. The molecule has 1 aromatic carbocycles. The second-order valence-corrected chi connectivity index (χ2v) is 7.75. The van der Waals surface area contributed by atoms with Crippen LogP contribution in [0.4, 0.5) is 5.69 Å². The molecule has 7 nitrogen and oxygen atoms in total. The van der Waals surface area contributed by atoms with Crippen LogP contribution in [-0.4, -0.2) is 43.2 Å². The first kappa shape index (κ1) is 17.1. The van der Waals surface area contributed by atoms with Crippen molar-refractivity contribution in [3.05, 3.63) is 55.1 Å². The first-order chi connectivity index (χ1) is 14.9. The van der Waals surface area contributed by atoms with E-state index in [4.69, 9.17) is 0 Å². The molecular formula is C23H21N7. The lowest BCUT2D eigenvalue weighted by atomic mass is 10.1. The van der Waals surface area contributed by atoms with Crippen molar-refractivity contribution >= 4 is 27.6 Å². The van der Waals surface area contributed by atoms with Crippen LogP contribution in [-0.2, 0) is 0 Å². The van der Waals surface area contributed by atoms with Crippen LogP contribution < -0.4 is 4.90 Å². The molecule has 1 saturated heterocycles. The third-order valence-corrected chi connectivity index (χ3v) is 5.88. The van der Waals surface area contributed by atoms with E-state index in [1.165, 1.54) is 30.3 Å². The van der Waals surface area contributed by atoms with E-state index in [1.807, 2.05) is 0 Å². The average molecular weight is 395 g/mol. The molecule has 0 radical (unpaired) electrons. The van der Waals surface area contributed by atoms with Gasteiger partial charge in [0, 0.05) is 59.2 Å². The molecule has 0 saturated carbocycles. The molecule has 4 aromatic heterocycles. The molecule has 5 heterocycles. The van der Waals surface area contributed by atoms with Crippen LogP contribution in [0.25, 0.3) is 44.6 Å². The molecule has 30 heavy (non-hydrogen) atoms. The summed E-state index contributed by atoms with van der Waals surface area (Å²) in [6.07, 6.45) is 10.7. The Labute approximate surface area is 173 Å². The first-order valence-electron chi connectivity index (χ1n) is 10.3. The number of nitrogens with zero attached hydrogens (tertiary/aromatic N) is 5. The summed E-state index contributed by atoms with van der Waals surface area (Å²) in [7, 11) is 0. The molecular weight excluding hydrogens is 374 g/mol. The normalized spacial score (nSPS) is 14.6. The van der Waals surface area contributed by atoms with Crippen LogP contribution in [0.1, 0.15) is 19.3 Å². The number of hydrogen-bond acceptors (Lipinski definition) is 5. The number of fused-ring (bicyclic) bond motifs is 2. The summed E-state index contributed by atoms with van der Waals surface area (Å²) >= 11 is 0. The highest BCUT2D eigenvalue weighted by Crippen LogP contribution is 2.34. The van der Waals surface area contributed by atoms with Gasteiger partial charge in [0.05, 0.1) is 23.3 Å². The predicted octanol–water partition coefficient (Wildman–Crippen LogP) is 4.55. The van der Waals surface area contributed by atoms with Gasteiger partial charge in [-0.25, -0.2) is 4.98 Å². The fourth-order valence-corrected chi connectivity index (χ4v) is 4.38. The molecule has 0 aliphatic carbocycles. The first-order valence-corrected chi connectivity index (χ1v) is 10.3. The van der Waals surface area contributed by atoms with E-state index in [0.717, 1.165) is 46.6 Å². The summed E-state index contributed by atoms with van der Waals surface area (Å²) in [6, 6.07) is 10.8. The van der Waals surface area contributed by atoms with Crippen LogP contribution in [0.5, 0.6) is 0 Å². The SMILES string of the molecule is c1cc(N2CCCCC2)c2cc(-c3[nH]nc4ncc(-c5cnccn5)cc34)[nH]c2c1. The van der Waals surface area contributed by atoms with Crippen LogP contribution in [0.3, 0.4) is 0 Å². The van der Waals surface area contributed by atoms with Crippen molar-refractivity contribution in [3.8, 4) is 22.6 Å². The van der Waals surface area contributed by atoms with E-state index >= 15 is 0 Å². The maximum Gasteiger partial charge on any atom is 0.181 e. The van der Waals surface area contributed by atoms with Crippen molar-refractivity contribution in [2.75, 3.05) is 18.0 Å². The number of hydrogen-bond donors (Lipinski definition) is 2. The number of anilines is 1. The molecule has 0 unspecified atom stereocenters. The summed E-state index contributed by atoms with van der Waals surface area (Å²) in [6.45, 7) is 2.25. The highest BCUT2D eigenvalue weighted by molar-refractivity contribution is 6.00. The third kappa shape index (κ3) is 2.82. The Balaban J connectivity index is 1.47. The molecule has 0 spiro atoms. The van der Waals surface area contributed by atoms with E-state index in [0.29, 0.717) is 5.65 Å². The van der Waals surface area contributed by atoms with Gasteiger partial charge in [-0.3, -0.25) is 15.1 Å². The predicted molar refractivity (Wildman–Crippen MR) is 118 cm³/mol. The number of aromatic amines is 2. The number of pyridine rings is 1. The van der Waals surface area contributed by atoms with Crippen molar-refractivity contribution in [3.63, 3.8) is 0 Å². The summed E-state index contributed by atoms with van der Waals surface area (Å²) in [4.78, 5) is 19.2. The number of nitrogens with one attached hydrogen (secondary N) is 2. The van der Waals surface area contributed by atoms with Crippen LogP contribution in [0.2, 0.25) is 0 Å². The van der Waals surface area contributed by atoms with Crippen molar-refractivity contribution in [2.24, 2.45) is 0 Å². The zero-order chi connectivity index (χ0) is 19.9. The molecule has 1 aliphatic heterocycles. The summed E-state index contributed by atoms with van der Waals surface area (Å²) in [5, 5.41) is 9.79.